The van der Waals surface area contributed by atoms with Gasteiger partial charge in [-0.05, 0) is 68.3 Å². The zero-order chi connectivity index (χ0) is 21.3. The van der Waals surface area contributed by atoms with Gasteiger partial charge in [-0.2, -0.15) is 0 Å². The Balaban J connectivity index is 1.76. The van der Waals surface area contributed by atoms with Crippen LogP contribution in [0.25, 0.3) is 11.1 Å². The topological polar surface area (TPSA) is 76.1 Å². The van der Waals surface area contributed by atoms with Gasteiger partial charge in [-0.25, -0.2) is 9.59 Å². The fourth-order valence-corrected chi connectivity index (χ4v) is 3.38. The number of ether oxygens (including phenoxy) is 2. The van der Waals surface area contributed by atoms with Crippen LogP contribution in [0.15, 0.2) is 36.4 Å². The van der Waals surface area contributed by atoms with Gasteiger partial charge in [0.05, 0.1) is 18.7 Å². The van der Waals surface area contributed by atoms with Crippen LogP contribution in [0.4, 0.5) is 4.79 Å². The number of carboxylic acids is 1. The van der Waals surface area contributed by atoms with Crippen molar-refractivity contribution in [3.63, 3.8) is 0 Å². The Morgan fingerprint density at radius 1 is 1.00 bits per heavy atom. The van der Waals surface area contributed by atoms with Gasteiger partial charge in [-0.1, -0.05) is 23.2 Å². The summed E-state index contributed by atoms with van der Waals surface area (Å²) >= 11 is 12.1. The molecule has 2 aromatic rings. The van der Waals surface area contributed by atoms with Gasteiger partial charge in [-0.3, -0.25) is 0 Å². The molecule has 6 nitrogen and oxygen atoms in total. The molecule has 0 radical (unpaired) electrons. The van der Waals surface area contributed by atoms with Crippen molar-refractivity contribution in [2.75, 3.05) is 13.1 Å². The maximum absolute atomic E-state index is 12.0. The number of rotatable bonds is 4. The monoisotopic (exact) mass is 437 g/mol. The summed E-state index contributed by atoms with van der Waals surface area (Å²) in [6.07, 6.45) is -0.645. The zero-order valence-corrected chi connectivity index (χ0v) is 17.8. The standard InChI is InChI=1S/C21H21Cl2NO5/c1-21(2,3)29-20(27)24-10-18(11-24)28-17-7-12(4-14(8-17)19(25)26)13-5-15(22)9-16(23)6-13/h4-9,18H,10-11H2,1-3H3,(H,25,26). The number of likely N-dealkylation sites (tertiary alicyclic amines) is 1. The summed E-state index contributed by atoms with van der Waals surface area (Å²) in [6.45, 7) is 6.15. The average molecular weight is 438 g/mol. The van der Waals surface area contributed by atoms with E-state index < -0.39 is 17.7 Å². The Kier molecular flexibility index (Phi) is 5.96. The Hall–Kier alpha value is -2.44. The maximum atomic E-state index is 12.0. The summed E-state index contributed by atoms with van der Waals surface area (Å²) in [6, 6.07) is 9.71. The first-order valence-corrected chi connectivity index (χ1v) is 9.75. The highest BCUT2D eigenvalue weighted by Crippen LogP contribution is 2.32. The van der Waals surface area contributed by atoms with Crippen molar-refractivity contribution < 1.29 is 24.2 Å². The van der Waals surface area contributed by atoms with E-state index in [1.807, 2.05) is 0 Å². The van der Waals surface area contributed by atoms with Crippen LogP contribution in [0.5, 0.6) is 5.75 Å². The molecule has 8 heteroatoms. The molecule has 2 aromatic carbocycles. The Morgan fingerprint density at radius 2 is 1.59 bits per heavy atom. The first kappa shape index (κ1) is 21.3. The number of aromatic carboxylic acids is 1. The summed E-state index contributed by atoms with van der Waals surface area (Å²) in [5.74, 6) is -0.682. The van der Waals surface area contributed by atoms with Crippen LogP contribution in [0.1, 0.15) is 31.1 Å². The van der Waals surface area contributed by atoms with Gasteiger partial charge in [0.1, 0.15) is 17.5 Å². The third kappa shape index (κ3) is 5.55. The van der Waals surface area contributed by atoms with E-state index in [1.54, 1.807) is 45.0 Å². The zero-order valence-electron chi connectivity index (χ0n) is 16.2. The fraction of sp³-hybridized carbons (Fsp3) is 0.333. The van der Waals surface area contributed by atoms with Gasteiger partial charge in [0.25, 0.3) is 0 Å². The molecule has 0 atom stereocenters. The molecule has 1 amide bonds. The SMILES string of the molecule is CC(C)(C)OC(=O)N1CC(Oc2cc(C(=O)O)cc(-c3cc(Cl)cc(Cl)c3)c2)C1. The number of benzene rings is 2. The van der Waals surface area contributed by atoms with E-state index in [-0.39, 0.29) is 11.7 Å². The molecule has 0 aromatic heterocycles. The smallest absolute Gasteiger partial charge is 0.410 e. The van der Waals surface area contributed by atoms with Crippen LogP contribution in [-0.2, 0) is 4.74 Å². The van der Waals surface area contributed by atoms with Gasteiger partial charge in [0.2, 0.25) is 0 Å². The van der Waals surface area contributed by atoms with Crippen LogP contribution in [0, 0.1) is 0 Å². The summed E-state index contributed by atoms with van der Waals surface area (Å²) in [5.41, 5.74) is 0.815. The van der Waals surface area contributed by atoms with Crippen LogP contribution in [-0.4, -0.2) is 46.9 Å². The molecule has 1 aliphatic heterocycles. The molecule has 154 valence electrons. The highest BCUT2D eigenvalue weighted by Gasteiger charge is 2.35. The number of hydrogen-bond donors (Lipinski definition) is 1. The lowest BCUT2D eigenvalue weighted by Gasteiger charge is -2.39. The fourth-order valence-electron chi connectivity index (χ4n) is 2.86. The number of nitrogens with zero attached hydrogens (tertiary/aromatic N) is 1. The molecule has 3 rings (SSSR count). The second kappa shape index (κ2) is 8.13. The van der Waals surface area contributed by atoms with Gasteiger partial charge < -0.3 is 19.5 Å². The van der Waals surface area contributed by atoms with E-state index in [1.165, 1.54) is 17.0 Å². The van der Waals surface area contributed by atoms with E-state index in [9.17, 15) is 14.7 Å². The summed E-state index contributed by atoms with van der Waals surface area (Å²) < 4.78 is 11.2. The lowest BCUT2D eigenvalue weighted by Crippen LogP contribution is -2.57. The van der Waals surface area contributed by atoms with Crippen molar-refractivity contribution in [3.8, 4) is 16.9 Å². The molecule has 0 unspecified atom stereocenters. The summed E-state index contributed by atoms with van der Waals surface area (Å²) in [5, 5.41) is 10.3. The Labute approximate surface area is 178 Å². The third-order valence-electron chi connectivity index (χ3n) is 4.15. The van der Waals surface area contributed by atoms with Gasteiger partial charge >= 0.3 is 12.1 Å². The molecule has 1 N–H and O–H groups in total. The van der Waals surface area contributed by atoms with E-state index in [4.69, 9.17) is 32.7 Å². The highest BCUT2D eigenvalue weighted by atomic mass is 35.5. The number of carbonyl (C=O) groups is 2. The van der Waals surface area contributed by atoms with E-state index in [2.05, 4.69) is 0 Å². The molecule has 1 saturated heterocycles. The normalized spacial score (nSPS) is 14.3. The largest absolute Gasteiger partial charge is 0.487 e. The molecule has 29 heavy (non-hydrogen) atoms. The Bertz CT molecular complexity index is 928. The van der Waals surface area contributed by atoms with Crippen molar-refractivity contribution in [1.82, 2.24) is 4.90 Å². The lowest BCUT2D eigenvalue weighted by atomic mass is 10.0. The predicted octanol–water partition coefficient (Wildman–Crippen LogP) is 5.36. The van der Waals surface area contributed by atoms with Crippen LogP contribution in [0.2, 0.25) is 10.0 Å². The minimum atomic E-state index is -1.08. The predicted molar refractivity (Wildman–Crippen MR) is 111 cm³/mol. The number of amides is 1. The third-order valence-corrected chi connectivity index (χ3v) is 4.59. The molecular formula is C21H21Cl2NO5. The van der Waals surface area contributed by atoms with Crippen LogP contribution in [0.3, 0.4) is 0 Å². The number of carboxylic acid groups (broad SMARTS) is 1. The van der Waals surface area contributed by atoms with Gasteiger partial charge in [0.15, 0.2) is 0 Å². The van der Waals surface area contributed by atoms with Crippen LogP contribution < -0.4 is 4.74 Å². The number of carbonyl (C=O) groups excluding carboxylic acids is 1. The van der Waals surface area contributed by atoms with Crippen molar-refractivity contribution in [1.29, 1.82) is 0 Å². The first-order chi connectivity index (χ1) is 13.5. The quantitative estimate of drug-likeness (QED) is 0.696. The van der Waals surface area contributed by atoms with Gasteiger partial charge in [0, 0.05) is 10.0 Å². The molecule has 0 bridgehead atoms. The Morgan fingerprint density at radius 3 is 2.14 bits per heavy atom. The molecule has 1 heterocycles. The molecule has 1 fully saturated rings. The summed E-state index contributed by atoms with van der Waals surface area (Å²) in [7, 11) is 0. The van der Waals surface area contributed by atoms with E-state index in [0.717, 1.165) is 0 Å². The van der Waals surface area contributed by atoms with Crippen molar-refractivity contribution in [3.05, 3.63) is 52.0 Å². The molecule has 0 aliphatic carbocycles. The van der Waals surface area contributed by atoms with Crippen molar-refractivity contribution >= 4 is 35.3 Å². The maximum Gasteiger partial charge on any atom is 0.410 e. The second-order valence-electron chi connectivity index (χ2n) is 7.83. The molecular weight excluding hydrogens is 417 g/mol. The summed E-state index contributed by atoms with van der Waals surface area (Å²) in [4.78, 5) is 25.1. The van der Waals surface area contributed by atoms with E-state index >= 15 is 0 Å². The highest BCUT2D eigenvalue weighted by molar-refractivity contribution is 6.35. The number of hydrogen-bond acceptors (Lipinski definition) is 4. The van der Waals surface area contributed by atoms with Gasteiger partial charge in [-0.15, -0.1) is 0 Å². The van der Waals surface area contributed by atoms with E-state index in [0.29, 0.717) is 40.0 Å². The average Bonchev–Trinajstić information content (AvgIpc) is 2.54. The minimum absolute atomic E-state index is 0.0805. The molecule has 1 aliphatic rings. The molecule has 0 saturated carbocycles. The van der Waals surface area contributed by atoms with Crippen molar-refractivity contribution in [2.24, 2.45) is 0 Å². The second-order valence-corrected chi connectivity index (χ2v) is 8.71. The van der Waals surface area contributed by atoms with Crippen LogP contribution >= 0.6 is 23.2 Å². The lowest BCUT2D eigenvalue weighted by molar-refractivity contribution is -0.0221. The number of halogens is 2. The minimum Gasteiger partial charge on any atom is -0.487 e. The first-order valence-electron chi connectivity index (χ1n) is 8.99. The molecule has 0 spiro atoms. The van der Waals surface area contributed by atoms with Crippen molar-refractivity contribution in [2.45, 2.75) is 32.5 Å².